The van der Waals surface area contributed by atoms with E-state index >= 15 is 0 Å². The largest absolute Gasteiger partial charge is 0.490 e. The van der Waals surface area contributed by atoms with Crippen molar-refractivity contribution in [3.8, 4) is 5.75 Å². The molecule has 1 N–H and O–H groups in total. The molecular weight excluding hydrogens is 356 g/mol. The molecule has 0 aliphatic heterocycles. The van der Waals surface area contributed by atoms with E-state index in [1.54, 1.807) is 6.07 Å². The lowest BCUT2D eigenvalue weighted by molar-refractivity contribution is 0.0907. The molecule has 0 radical (unpaired) electrons. The van der Waals surface area contributed by atoms with Gasteiger partial charge in [0.15, 0.2) is 0 Å². The Kier molecular flexibility index (Phi) is 4.65. The van der Waals surface area contributed by atoms with Crippen molar-refractivity contribution in [2.45, 2.75) is 33.4 Å². The van der Waals surface area contributed by atoms with E-state index in [9.17, 15) is 9.90 Å². The summed E-state index contributed by atoms with van der Waals surface area (Å²) in [5, 5.41) is 11.2. The van der Waals surface area contributed by atoms with Crippen LogP contribution in [-0.4, -0.2) is 27.4 Å². The maximum absolute atomic E-state index is 12.7. The Labute approximate surface area is 162 Å². The van der Waals surface area contributed by atoms with Crippen LogP contribution >= 0.6 is 0 Å². The first kappa shape index (κ1) is 18.3. The van der Waals surface area contributed by atoms with E-state index in [-0.39, 0.29) is 24.3 Å². The van der Waals surface area contributed by atoms with E-state index in [4.69, 9.17) is 9.15 Å². The molecule has 144 valence electrons. The SMILES string of the molecule is Cc1ccc(C)c(OCC(O)Cn2cnc3c(oc4ccccc43)c2=O)c1C. The first-order chi connectivity index (χ1) is 13.5. The fraction of sp³-hybridized carbons (Fsp3) is 0.273. The van der Waals surface area contributed by atoms with Gasteiger partial charge in [-0.2, -0.15) is 0 Å². The van der Waals surface area contributed by atoms with E-state index in [1.165, 1.54) is 10.9 Å². The molecule has 0 saturated heterocycles. The molecule has 4 rings (SSSR count). The summed E-state index contributed by atoms with van der Waals surface area (Å²) in [5.74, 6) is 0.775. The van der Waals surface area contributed by atoms with Crippen LogP contribution in [0.4, 0.5) is 0 Å². The van der Waals surface area contributed by atoms with Crippen molar-refractivity contribution in [1.29, 1.82) is 0 Å². The highest BCUT2D eigenvalue weighted by Gasteiger charge is 2.16. The molecule has 6 nitrogen and oxygen atoms in total. The van der Waals surface area contributed by atoms with E-state index < -0.39 is 6.10 Å². The third kappa shape index (κ3) is 3.16. The second-order valence-corrected chi connectivity index (χ2v) is 7.10. The number of furan rings is 1. The van der Waals surface area contributed by atoms with Crippen molar-refractivity contribution >= 4 is 22.1 Å². The van der Waals surface area contributed by atoms with Gasteiger partial charge in [0, 0.05) is 5.39 Å². The normalized spacial score (nSPS) is 12.6. The van der Waals surface area contributed by atoms with Crippen LogP contribution in [-0.2, 0) is 6.54 Å². The van der Waals surface area contributed by atoms with Crippen molar-refractivity contribution in [2.24, 2.45) is 0 Å². The number of nitrogens with zero attached hydrogens (tertiary/aromatic N) is 2. The standard InChI is InChI=1S/C22H22N2O4/c1-13-8-9-14(2)20(15(13)3)27-11-16(25)10-24-12-23-19-17-6-4-5-7-18(17)28-21(19)22(24)26/h4-9,12,16,25H,10-11H2,1-3H3. The van der Waals surface area contributed by atoms with Gasteiger partial charge in [0.2, 0.25) is 5.58 Å². The number of fused-ring (bicyclic) bond motifs is 3. The second-order valence-electron chi connectivity index (χ2n) is 7.10. The quantitative estimate of drug-likeness (QED) is 0.575. The lowest BCUT2D eigenvalue weighted by Crippen LogP contribution is -2.30. The fourth-order valence-corrected chi connectivity index (χ4v) is 3.35. The molecule has 0 aliphatic rings. The van der Waals surface area contributed by atoms with Crippen molar-refractivity contribution in [3.63, 3.8) is 0 Å². The Hall–Kier alpha value is -3.12. The molecule has 2 aromatic carbocycles. The summed E-state index contributed by atoms with van der Waals surface area (Å²) in [4.78, 5) is 17.1. The van der Waals surface area contributed by atoms with Crippen LogP contribution in [0.5, 0.6) is 5.75 Å². The van der Waals surface area contributed by atoms with Crippen LogP contribution in [0.2, 0.25) is 0 Å². The Morgan fingerprint density at radius 1 is 1.14 bits per heavy atom. The molecule has 0 bridgehead atoms. The van der Waals surface area contributed by atoms with E-state index in [0.717, 1.165) is 27.8 Å². The van der Waals surface area contributed by atoms with Crippen molar-refractivity contribution in [1.82, 2.24) is 9.55 Å². The minimum atomic E-state index is -0.861. The van der Waals surface area contributed by atoms with Gasteiger partial charge in [-0.05, 0) is 49.6 Å². The number of rotatable bonds is 5. The topological polar surface area (TPSA) is 77.5 Å². The molecule has 0 spiro atoms. The van der Waals surface area contributed by atoms with Crippen LogP contribution in [0.15, 0.2) is 51.9 Å². The van der Waals surface area contributed by atoms with Crippen LogP contribution in [0.3, 0.4) is 0 Å². The lowest BCUT2D eigenvalue weighted by Gasteiger charge is -2.17. The number of aromatic nitrogens is 2. The third-order valence-electron chi connectivity index (χ3n) is 5.05. The van der Waals surface area contributed by atoms with Crippen LogP contribution in [0.1, 0.15) is 16.7 Å². The zero-order valence-corrected chi connectivity index (χ0v) is 16.1. The average molecular weight is 378 g/mol. The molecule has 0 saturated carbocycles. The Bertz CT molecular complexity index is 1220. The first-order valence-electron chi connectivity index (χ1n) is 9.20. The van der Waals surface area contributed by atoms with Crippen molar-refractivity contribution in [2.75, 3.05) is 6.61 Å². The van der Waals surface area contributed by atoms with Crippen LogP contribution < -0.4 is 10.3 Å². The summed E-state index contributed by atoms with van der Waals surface area (Å²) < 4.78 is 12.9. The minimum absolute atomic E-state index is 0.0722. The monoisotopic (exact) mass is 378 g/mol. The minimum Gasteiger partial charge on any atom is -0.490 e. The number of aliphatic hydroxyl groups excluding tert-OH is 1. The van der Waals surface area contributed by atoms with Gasteiger partial charge >= 0.3 is 0 Å². The maximum Gasteiger partial charge on any atom is 0.297 e. The van der Waals surface area contributed by atoms with Crippen molar-refractivity contribution in [3.05, 3.63) is 69.8 Å². The number of hydrogen-bond donors (Lipinski definition) is 1. The molecule has 2 heterocycles. The van der Waals surface area contributed by atoms with Gasteiger partial charge in [0.25, 0.3) is 5.56 Å². The van der Waals surface area contributed by atoms with E-state index in [2.05, 4.69) is 4.98 Å². The van der Waals surface area contributed by atoms with Gasteiger partial charge < -0.3 is 14.3 Å². The molecule has 0 fully saturated rings. The summed E-state index contributed by atoms with van der Waals surface area (Å²) in [6.07, 6.45) is 0.583. The Morgan fingerprint density at radius 2 is 1.89 bits per heavy atom. The summed E-state index contributed by atoms with van der Waals surface area (Å²) >= 11 is 0. The predicted octanol–water partition coefficient (Wildman–Crippen LogP) is 3.51. The number of hydrogen-bond acceptors (Lipinski definition) is 5. The molecular formula is C22H22N2O4. The van der Waals surface area contributed by atoms with E-state index in [0.29, 0.717) is 11.1 Å². The Balaban J connectivity index is 1.55. The Morgan fingerprint density at radius 3 is 2.71 bits per heavy atom. The molecule has 4 aromatic rings. The fourth-order valence-electron chi connectivity index (χ4n) is 3.35. The molecule has 0 aliphatic carbocycles. The number of aryl methyl sites for hydroxylation is 2. The highest BCUT2D eigenvalue weighted by Crippen LogP contribution is 2.26. The van der Waals surface area contributed by atoms with Crippen LogP contribution in [0.25, 0.3) is 22.1 Å². The third-order valence-corrected chi connectivity index (χ3v) is 5.05. The van der Waals surface area contributed by atoms with Crippen LogP contribution in [0, 0.1) is 20.8 Å². The molecule has 28 heavy (non-hydrogen) atoms. The number of aliphatic hydroxyl groups is 1. The number of para-hydroxylation sites is 1. The van der Waals surface area contributed by atoms with Gasteiger partial charge in [0.05, 0.1) is 12.9 Å². The summed E-state index contributed by atoms with van der Waals surface area (Å²) in [6.45, 7) is 6.14. The smallest absolute Gasteiger partial charge is 0.297 e. The molecule has 1 atom stereocenters. The summed E-state index contributed by atoms with van der Waals surface area (Å²) in [6, 6.07) is 11.4. The highest BCUT2D eigenvalue weighted by molar-refractivity contribution is 6.01. The molecule has 0 amide bonds. The lowest BCUT2D eigenvalue weighted by atomic mass is 10.1. The van der Waals surface area contributed by atoms with Crippen molar-refractivity contribution < 1.29 is 14.3 Å². The second kappa shape index (κ2) is 7.13. The predicted molar refractivity (Wildman–Crippen MR) is 108 cm³/mol. The molecule has 6 heteroatoms. The highest BCUT2D eigenvalue weighted by atomic mass is 16.5. The van der Waals surface area contributed by atoms with Gasteiger partial charge in [0.1, 0.15) is 29.6 Å². The number of ether oxygens (including phenoxy) is 1. The first-order valence-corrected chi connectivity index (χ1v) is 9.20. The zero-order chi connectivity index (χ0) is 19.8. The average Bonchev–Trinajstić information content (AvgIpc) is 3.07. The maximum atomic E-state index is 12.7. The van der Waals surface area contributed by atoms with Gasteiger partial charge in [-0.3, -0.25) is 9.36 Å². The molecule has 2 aromatic heterocycles. The van der Waals surface area contributed by atoms with E-state index in [1.807, 2.05) is 51.1 Å². The summed E-state index contributed by atoms with van der Waals surface area (Å²) in [5.41, 5.74) is 4.23. The number of benzene rings is 2. The molecule has 1 unspecified atom stereocenters. The van der Waals surface area contributed by atoms with Gasteiger partial charge in [-0.1, -0.05) is 24.3 Å². The van der Waals surface area contributed by atoms with Gasteiger partial charge in [-0.25, -0.2) is 4.98 Å². The zero-order valence-electron chi connectivity index (χ0n) is 16.1. The summed E-state index contributed by atoms with van der Waals surface area (Å²) in [7, 11) is 0. The van der Waals surface area contributed by atoms with Gasteiger partial charge in [-0.15, -0.1) is 0 Å².